The third-order valence-corrected chi connectivity index (χ3v) is 1.59. The van der Waals surface area contributed by atoms with Crippen molar-refractivity contribution in [3.05, 3.63) is 0 Å². The Balaban J connectivity index is 3.64. The summed E-state index contributed by atoms with van der Waals surface area (Å²) >= 11 is 0. The van der Waals surface area contributed by atoms with Crippen LogP contribution in [0.3, 0.4) is 0 Å². The van der Waals surface area contributed by atoms with Crippen molar-refractivity contribution in [1.29, 1.82) is 0 Å². The number of ketones is 1. The second kappa shape index (κ2) is 5.73. The number of carbonyl (C=O) groups excluding carboxylic acids is 2. The molecule has 0 N–H and O–H groups in total. The number of ether oxygens (including phenoxy) is 1. The molecule has 0 unspecified atom stereocenters. The Bertz CT molecular complexity index is 183. The van der Waals surface area contributed by atoms with Gasteiger partial charge < -0.3 is 4.74 Å². The van der Waals surface area contributed by atoms with E-state index in [9.17, 15) is 9.59 Å². The molecule has 0 aliphatic carbocycles. The SMILES string of the molecule is CC(C)OC(=O)CCC(=O)C(C)C. The Morgan fingerprint density at radius 1 is 1.08 bits per heavy atom. The van der Waals surface area contributed by atoms with E-state index >= 15 is 0 Å². The zero-order valence-corrected chi connectivity index (χ0v) is 8.79. The lowest BCUT2D eigenvalue weighted by Crippen LogP contribution is -2.14. The molecule has 0 saturated heterocycles. The van der Waals surface area contributed by atoms with E-state index in [1.54, 1.807) is 13.8 Å². The molecule has 0 aliphatic heterocycles. The highest BCUT2D eigenvalue weighted by atomic mass is 16.5. The quantitative estimate of drug-likeness (QED) is 0.616. The first kappa shape index (κ1) is 12.1. The Morgan fingerprint density at radius 2 is 1.62 bits per heavy atom. The maximum atomic E-state index is 11.1. The predicted molar refractivity (Wildman–Crippen MR) is 50.3 cm³/mol. The third kappa shape index (κ3) is 6.31. The highest BCUT2D eigenvalue weighted by Crippen LogP contribution is 2.03. The number of carbonyl (C=O) groups is 2. The van der Waals surface area contributed by atoms with Crippen molar-refractivity contribution in [2.24, 2.45) is 5.92 Å². The van der Waals surface area contributed by atoms with Crippen LogP contribution < -0.4 is 0 Å². The topological polar surface area (TPSA) is 43.4 Å². The summed E-state index contributed by atoms with van der Waals surface area (Å²) < 4.78 is 4.89. The number of esters is 1. The van der Waals surface area contributed by atoms with E-state index in [-0.39, 0.29) is 30.2 Å². The molecule has 0 aromatic rings. The molecule has 0 aromatic carbocycles. The van der Waals surface area contributed by atoms with E-state index in [4.69, 9.17) is 4.74 Å². The van der Waals surface area contributed by atoms with Crippen LogP contribution in [0.1, 0.15) is 40.5 Å². The molecule has 0 heterocycles. The molecule has 0 spiro atoms. The summed E-state index contributed by atoms with van der Waals surface area (Å²) in [6.45, 7) is 7.25. The van der Waals surface area contributed by atoms with Crippen molar-refractivity contribution >= 4 is 11.8 Å². The molecule has 0 rings (SSSR count). The smallest absolute Gasteiger partial charge is 0.306 e. The minimum Gasteiger partial charge on any atom is -0.463 e. The molecule has 0 amide bonds. The van der Waals surface area contributed by atoms with Gasteiger partial charge in [-0.1, -0.05) is 13.8 Å². The Morgan fingerprint density at radius 3 is 2.00 bits per heavy atom. The van der Waals surface area contributed by atoms with Gasteiger partial charge in [0.1, 0.15) is 5.78 Å². The first-order valence-electron chi connectivity index (χ1n) is 4.65. The summed E-state index contributed by atoms with van der Waals surface area (Å²) in [5.41, 5.74) is 0. The van der Waals surface area contributed by atoms with Crippen molar-refractivity contribution in [1.82, 2.24) is 0 Å². The molecule has 0 fully saturated rings. The van der Waals surface area contributed by atoms with Gasteiger partial charge in [-0.05, 0) is 13.8 Å². The highest BCUT2D eigenvalue weighted by molar-refractivity contribution is 5.84. The number of hydrogen-bond acceptors (Lipinski definition) is 3. The van der Waals surface area contributed by atoms with Crippen molar-refractivity contribution in [2.45, 2.75) is 46.6 Å². The maximum Gasteiger partial charge on any atom is 0.306 e. The normalized spacial score (nSPS) is 10.6. The van der Waals surface area contributed by atoms with Gasteiger partial charge in [0.2, 0.25) is 0 Å². The second-order valence-corrected chi connectivity index (χ2v) is 3.66. The van der Waals surface area contributed by atoms with Crippen LogP contribution in [0.15, 0.2) is 0 Å². The van der Waals surface area contributed by atoms with E-state index in [0.717, 1.165) is 0 Å². The van der Waals surface area contributed by atoms with Crippen molar-refractivity contribution in [3.8, 4) is 0 Å². The average Bonchev–Trinajstić information content (AvgIpc) is 1.98. The van der Waals surface area contributed by atoms with E-state index < -0.39 is 0 Å². The summed E-state index contributed by atoms with van der Waals surface area (Å²) in [6.07, 6.45) is 0.403. The second-order valence-electron chi connectivity index (χ2n) is 3.66. The number of hydrogen-bond donors (Lipinski definition) is 0. The molecule has 0 atom stereocenters. The molecule has 3 nitrogen and oxygen atoms in total. The lowest BCUT2D eigenvalue weighted by molar-refractivity contribution is -0.148. The van der Waals surface area contributed by atoms with Crippen molar-refractivity contribution in [3.63, 3.8) is 0 Å². The summed E-state index contributed by atoms with van der Waals surface area (Å²) in [6, 6.07) is 0. The van der Waals surface area contributed by atoms with E-state index in [1.807, 2.05) is 13.8 Å². The first-order chi connectivity index (χ1) is 5.93. The fourth-order valence-electron chi connectivity index (χ4n) is 0.836. The van der Waals surface area contributed by atoms with E-state index in [1.165, 1.54) is 0 Å². The minimum absolute atomic E-state index is 0.00634. The molecule has 0 radical (unpaired) electrons. The van der Waals surface area contributed by atoms with Gasteiger partial charge in [-0.15, -0.1) is 0 Å². The summed E-state index contributed by atoms with van der Waals surface area (Å²) in [5.74, 6) is -0.170. The van der Waals surface area contributed by atoms with Crippen LogP contribution in [-0.4, -0.2) is 17.9 Å². The fraction of sp³-hybridized carbons (Fsp3) is 0.800. The highest BCUT2D eigenvalue weighted by Gasteiger charge is 2.11. The van der Waals surface area contributed by atoms with Gasteiger partial charge in [0.05, 0.1) is 12.5 Å². The van der Waals surface area contributed by atoms with Gasteiger partial charge in [0.15, 0.2) is 0 Å². The molecular weight excluding hydrogens is 168 g/mol. The fourth-order valence-corrected chi connectivity index (χ4v) is 0.836. The maximum absolute atomic E-state index is 11.1. The van der Waals surface area contributed by atoms with Crippen LogP contribution in [0.4, 0.5) is 0 Å². The van der Waals surface area contributed by atoms with Crippen LogP contribution >= 0.6 is 0 Å². The number of Topliss-reactive ketones (excluding diaryl/α,β-unsaturated/α-hetero) is 1. The molecule has 13 heavy (non-hydrogen) atoms. The molecule has 76 valence electrons. The van der Waals surface area contributed by atoms with Gasteiger partial charge in [-0.25, -0.2) is 0 Å². The predicted octanol–water partition coefficient (Wildman–Crippen LogP) is 1.94. The van der Waals surface area contributed by atoms with Crippen LogP contribution in [0.25, 0.3) is 0 Å². The molecule has 3 heteroatoms. The Hall–Kier alpha value is -0.860. The Kier molecular flexibility index (Phi) is 5.35. The van der Waals surface area contributed by atoms with Crippen molar-refractivity contribution < 1.29 is 14.3 Å². The van der Waals surface area contributed by atoms with Gasteiger partial charge in [-0.3, -0.25) is 9.59 Å². The van der Waals surface area contributed by atoms with Gasteiger partial charge in [0, 0.05) is 12.3 Å². The van der Waals surface area contributed by atoms with E-state index in [2.05, 4.69) is 0 Å². The zero-order valence-electron chi connectivity index (χ0n) is 8.79. The van der Waals surface area contributed by atoms with Gasteiger partial charge >= 0.3 is 5.97 Å². The minimum atomic E-state index is -0.288. The third-order valence-electron chi connectivity index (χ3n) is 1.59. The monoisotopic (exact) mass is 186 g/mol. The van der Waals surface area contributed by atoms with Crippen molar-refractivity contribution in [2.75, 3.05) is 0 Å². The zero-order chi connectivity index (χ0) is 10.4. The summed E-state index contributed by atoms with van der Waals surface area (Å²) in [5, 5.41) is 0. The molecule has 0 aliphatic rings. The van der Waals surface area contributed by atoms with Crippen LogP contribution in [-0.2, 0) is 14.3 Å². The molecule has 0 saturated carbocycles. The molecular formula is C10H18O3. The Labute approximate surface area is 79.5 Å². The summed E-state index contributed by atoms with van der Waals surface area (Å²) in [4.78, 5) is 22.1. The largest absolute Gasteiger partial charge is 0.463 e. The van der Waals surface area contributed by atoms with Crippen LogP contribution in [0.5, 0.6) is 0 Å². The lowest BCUT2D eigenvalue weighted by atomic mass is 10.1. The molecule has 0 aromatic heterocycles. The first-order valence-corrected chi connectivity index (χ1v) is 4.65. The van der Waals surface area contributed by atoms with Crippen LogP contribution in [0.2, 0.25) is 0 Å². The number of rotatable bonds is 5. The van der Waals surface area contributed by atoms with E-state index in [0.29, 0.717) is 6.42 Å². The summed E-state index contributed by atoms with van der Waals surface area (Å²) in [7, 11) is 0. The lowest BCUT2D eigenvalue weighted by Gasteiger charge is -2.07. The molecule has 0 bridgehead atoms. The van der Waals surface area contributed by atoms with Gasteiger partial charge in [0.25, 0.3) is 0 Å². The van der Waals surface area contributed by atoms with Gasteiger partial charge in [-0.2, -0.15) is 0 Å². The average molecular weight is 186 g/mol. The standard InChI is InChI=1S/C10H18O3/c1-7(2)9(11)5-6-10(12)13-8(3)4/h7-8H,5-6H2,1-4H3. The van der Waals surface area contributed by atoms with Crippen LogP contribution in [0, 0.1) is 5.92 Å².